The lowest BCUT2D eigenvalue weighted by Crippen LogP contribution is -2.18. The van der Waals surface area contributed by atoms with E-state index < -0.39 is 0 Å². The number of benzene rings is 1. The maximum Gasteiger partial charge on any atom is 0.256 e. The van der Waals surface area contributed by atoms with Gasteiger partial charge in [-0.1, -0.05) is 13.3 Å². The van der Waals surface area contributed by atoms with Crippen LogP contribution in [-0.2, 0) is 0 Å². The van der Waals surface area contributed by atoms with Gasteiger partial charge in [-0.15, -0.1) is 0 Å². The molecule has 1 aromatic carbocycles. The summed E-state index contributed by atoms with van der Waals surface area (Å²) >= 11 is 0. The summed E-state index contributed by atoms with van der Waals surface area (Å²) in [4.78, 5) is 31.7. The number of aromatic amines is 1. The van der Waals surface area contributed by atoms with Crippen molar-refractivity contribution in [3.63, 3.8) is 0 Å². The van der Waals surface area contributed by atoms with Crippen molar-refractivity contribution in [1.82, 2.24) is 19.7 Å². The lowest BCUT2D eigenvalue weighted by atomic mass is 10.2. The highest BCUT2D eigenvalue weighted by Crippen LogP contribution is 2.40. The van der Waals surface area contributed by atoms with E-state index in [2.05, 4.69) is 27.3 Å². The number of H-pyrrole nitrogens is 1. The number of hydrogen-bond donors (Lipinski definition) is 2. The molecule has 156 valence electrons. The number of aromatic nitrogens is 4. The molecule has 2 N–H and O–H groups in total. The first-order valence-electron chi connectivity index (χ1n) is 10.3. The number of carbonyl (C=O) groups is 1. The van der Waals surface area contributed by atoms with Gasteiger partial charge in [-0.25, -0.2) is 4.98 Å². The molecular weight excluding hydrogens is 382 g/mol. The number of carbonyl (C=O) groups excluding carboxylic acids is 1. The zero-order chi connectivity index (χ0) is 21.1. The molecule has 0 spiro atoms. The molecule has 0 unspecified atom stereocenters. The van der Waals surface area contributed by atoms with E-state index in [1.165, 1.54) is 10.7 Å². The molecule has 0 saturated heterocycles. The number of ether oxygens (including phenoxy) is 1. The molecule has 4 rings (SSSR count). The van der Waals surface area contributed by atoms with Crippen molar-refractivity contribution in [3.05, 3.63) is 63.7 Å². The molecule has 1 amide bonds. The smallest absolute Gasteiger partial charge is 0.256 e. The Balaban J connectivity index is 1.56. The predicted molar refractivity (Wildman–Crippen MR) is 113 cm³/mol. The topological polar surface area (TPSA) is 102 Å². The van der Waals surface area contributed by atoms with Gasteiger partial charge in [-0.2, -0.15) is 9.78 Å². The average molecular weight is 407 g/mol. The number of nitrogens with one attached hydrogen (secondary N) is 2. The van der Waals surface area contributed by atoms with E-state index in [-0.39, 0.29) is 17.4 Å². The molecule has 1 saturated carbocycles. The van der Waals surface area contributed by atoms with Gasteiger partial charge in [0.05, 0.1) is 12.3 Å². The van der Waals surface area contributed by atoms with Crippen LogP contribution in [0, 0.1) is 6.92 Å². The second-order valence-corrected chi connectivity index (χ2v) is 7.53. The summed E-state index contributed by atoms with van der Waals surface area (Å²) in [5.41, 5.74) is 1.70. The van der Waals surface area contributed by atoms with Crippen molar-refractivity contribution in [1.29, 1.82) is 0 Å². The second-order valence-electron chi connectivity index (χ2n) is 7.53. The third-order valence-corrected chi connectivity index (χ3v) is 4.91. The summed E-state index contributed by atoms with van der Waals surface area (Å²) in [5, 5.41) is 7.47. The van der Waals surface area contributed by atoms with E-state index in [1.54, 1.807) is 31.2 Å². The van der Waals surface area contributed by atoms with Crippen LogP contribution in [0.4, 0.5) is 5.82 Å². The summed E-state index contributed by atoms with van der Waals surface area (Å²) in [7, 11) is 0. The van der Waals surface area contributed by atoms with E-state index >= 15 is 0 Å². The Morgan fingerprint density at radius 3 is 2.70 bits per heavy atom. The fourth-order valence-electron chi connectivity index (χ4n) is 3.12. The number of anilines is 1. The van der Waals surface area contributed by atoms with Gasteiger partial charge in [-0.3, -0.25) is 14.6 Å². The molecule has 2 heterocycles. The van der Waals surface area contributed by atoms with Crippen molar-refractivity contribution < 1.29 is 9.53 Å². The molecule has 2 aromatic heterocycles. The largest absolute Gasteiger partial charge is 0.494 e. The lowest BCUT2D eigenvalue weighted by Gasteiger charge is -2.09. The monoisotopic (exact) mass is 407 g/mol. The first-order chi connectivity index (χ1) is 14.5. The lowest BCUT2D eigenvalue weighted by molar-refractivity contribution is 0.102. The maximum atomic E-state index is 12.8. The minimum atomic E-state index is -0.270. The van der Waals surface area contributed by atoms with Crippen LogP contribution in [0.25, 0.3) is 5.95 Å². The van der Waals surface area contributed by atoms with Crippen LogP contribution in [0.5, 0.6) is 5.75 Å². The number of aryl methyl sites for hydroxylation is 1. The number of unbranched alkanes of at least 4 members (excludes halogenated alkanes) is 1. The van der Waals surface area contributed by atoms with E-state index in [4.69, 9.17) is 4.74 Å². The van der Waals surface area contributed by atoms with Crippen LogP contribution in [0.2, 0.25) is 0 Å². The van der Waals surface area contributed by atoms with Crippen LogP contribution in [0.1, 0.15) is 60.3 Å². The SMILES string of the molecule is CCCCOc1ccc(C(=O)Nc2cc(C3CC3)nn2-c2nc(C)cc(=O)[nH]2)cc1. The van der Waals surface area contributed by atoms with E-state index in [0.29, 0.717) is 29.6 Å². The predicted octanol–water partition coefficient (Wildman–Crippen LogP) is 3.57. The Hall–Kier alpha value is -3.42. The third-order valence-electron chi connectivity index (χ3n) is 4.91. The highest BCUT2D eigenvalue weighted by molar-refractivity contribution is 6.04. The number of rotatable bonds is 8. The quantitative estimate of drug-likeness (QED) is 0.556. The van der Waals surface area contributed by atoms with Crippen molar-refractivity contribution in [3.8, 4) is 11.7 Å². The van der Waals surface area contributed by atoms with E-state index in [9.17, 15) is 9.59 Å². The maximum absolute atomic E-state index is 12.8. The van der Waals surface area contributed by atoms with Gasteiger partial charge in [0.15, 0.2) is 0 Å². The molecule has 30 heavy (non-hydrogen) atoms. The van der Waals surface area contributed by atoms with Crippen LogP contribution in [0.15, 0.2) is 41.2 Å². The summed E-state index contributed by atoms with van der Waals surface area (Å²) in [5.74, 6) is 1.61. The Bertz CT molecular complexity index is 1100. The Morgan fingerprint density at radius 2 is 2.03 bits per heavy atom. The molecule has 1 aliphatic rings. The Kier molecular flexibility index (Phi) is 5.65. The normalized spacial score (nSPS) is 13.3. The van der Waals surface area contributed by atoms with Gasteiger partial charge in [0.25, 0.3) is 11.5 Å². The third kappa shape index (κ3) is 4.59. The molecule has 1 fully saturated rings. The van der Waals surface area contributed by atoms with Gasteiger partial charge < -0.3 is 10.1 Å². The van der Waals surface area contributed by atoms with Crippen LogP contribution in [-0.4, -0.2) is 32.3 Å². The summed E-state index contributed by atoms with van der Waals surface area (Å²) in [6, 6.07) is 10.3. The minimum absolute atomic E-state index is 0.267. The molecule has 8 nitrogen and oxygen atoms in total. The van der Waals surface area contributed by atoms with Crippen molar-refractivity contribution in [2.24, 2.45) is 0 Å². The van der Waals surface area contributed by atoms with Crippen molar-refractivity contribution in [2.45, 2.75) is 45.4 Å². The van der Waals surface area contributed by atoms with Gasteiger partial charge in [0, 0.05) is 29.3 Å². The van der Waals surface area contributed by atoms with Crippen LogP contribution < -0.4 is 15.6 Å². The highest BCUT2D eigenvalue weighted by atomic mass is 16.5. The van der Waals surface area contributed by atoms with Crippen LogP contribution >= 0.6 is 0 Å². The summed E-state index contributed by atoms with van der Waals surface area (Å²) < 4.78 is 7.14. The Morgan fingerprint density at radius 1 is 1.27 bits per heavy atom. The fourth-order valence-corrected chi connectivity index (χ4v) is 3.12. The fraction of sp³-hybridized carbons (Fsp3) is 0.364. The molecular formula is C22H25N5O3. The van der Waals surface area contributed by atoms with E-state index in [0.717, 1.165) is 37.1 Å². The van der Waals surface area contributed by atoms with Gasteiger partial charge >= 0.3 is 0 Å². The van der Waals surface area contributed by atoms with Crippen LogP contribution in [0.3, 0.4) is 0 Å². The Labute approximate surface area is 174 Å². The first kappa shape index (κ1) is 19.9. The van der Waals surface area contributed by atoms with Gasteiger partial charge in [0.2, 0.25) is 5.95 Å². The minimum Gasteiger partial charge on any atom is -0.494 e. The molecule has 0 atom stereocenters. The highest BCUT2D eigenvalue weighted by Gasteiger charge is 2.28. The summed E-state index contributed by atoms with van der Waals surface area (Å²) in [6.45, 7) is 4.51. The van der Waals surface area contributed by atoms with Crippen molar-refractivity contribution in [2.75, 3.05) is 11.9 Å². The average Bonchev–Trinajstić information content (AvgIpc) is 3.48. The molecule has 0 aliphatic heterocycles. The van der Waals surface area contributed by atoms with Gasteiger partial charge in [0.1, 0.15) is 11.6 Å². The number of amides is 1. The summed E-state index contributed by atoms with van der Waals surface area (Å²) in [6.07, 6.45) is 4.20. The molecule has 0 bridgehead atoms. The molecule has 8 heteroatoms. The zero-order valence-electron chi connectivity index (χ0n) is 17.1. The van der Waals surface area contributed by atoms with Gasteiger partial charge in [-0.05, 0) is 50.5 Å². The number of hydrogen-bond acceptors (Lipinski definition) is 5. The second kappa shape index (κ2) is 8.52. The first-order valence-corrected chi connectivity index (χ1v) is 10.3. The molecule has 0 radical (unpaired) electrons. The van der Waals surface area contributed by atoms with E-state index in [1.807, 2.05) is 6.07 Å². The number of nitrogens with zero attached hydrogens (tertiary/aromatic N) is 3. The van der Waals surface area contributed by atoms with Crippen molar-refractivity contribution >= 4 is 11.7 Å². The standard InChI is InChI=1S/C22H25N5O3/c1-3-4-11-30-17-9-7-16(8-10-17)21(29)24-19-13-18(15-5-6-15)26-27(19)22-23-14(2)12-20(28)25-22/h7-10,12-13,15H,3-6,11H2,1-2H3,(H,24,29)(H,23,25,28). The molecule has 3 aromatic rings. The molecule has 1 aliphatic carbocycles. The zero-order valence-corrected chi connectivity index (χ0v) is 17.1.